The van der Waals surface area contributed by atoms with Gasteiger partial charge in [0.2, 0.25) is 23.6 Å². The second-order valence-corrected chi connectivity index (χ2v) is 7.21. The predicted molar refractivity (Wildman–Crippen MR) is 92.3 cm³/mol. The molecule has 1 saturated heterocycles. The van der Waals surface area contributed by atoms with Gasteiger partial charge in [-0.3, -0.25) is 24.1 Å². The molecule has 0 aromatic rings. The summed E-state index contributed by atoms with van der Waals surface area (Å²) < 4.78 is 0. The molecular weight excluding hydrogens is 322 g/mol. The molecular formula is C18H29N3O4. The van der Waals surface area contributed by atoms with E-state index < -0.39 is 0 Å². The maximum atomic E-state index is 12.4. The second kappa shape index (κ2) is 8.45. The van der Waals surface area contributed by atoms with Crippen molar-refractivity contribution < 1.29 is 19.2 Å². The van der Waals surface area contributed by atoms with Crippen LogP contribution in [-0.2, 0) is 19.2 Å². The van der Waals surface area contributed by atoms with Crippen molar-refractivity contribution in [2.24, 2.45) is 11.8 Å². The SMILES string of the molecule is CCN(CC(=O)NC(C)C)C(=O)CCN1C(=O)[C@H]2CCCC[C@@H]2C1=O. The van der Waals surface area contributed by atoms with E-state index in [0.29, 0.717) is 6.54 Å². The average molecular weight is 351 g/mol. The fourth-order valence-electron chi connectivity index (χ4n) is 3.73. The number of hydrogen-bond donors (Lipinski definition) is 1. The molecule has 2 atom stereocenters. The van der Waals surface area contributed by atoms with Gasteiger partial charge in [0.15, 0.2) is 0 Å². The quantitative estimate of drug-likeness (QED) is 0.691. The average Bonchev–Trinajstić information content (AvgIpc) is 2.81. The lowest BCUT2D eigenvalue weighted by molar-refractivity contribution is -0.141. The number of imide groups is 1. The van der Waals surface area contributed by atoms with Gasteiger partial charge in [-0.05, 0) is 33.6 Å². The summed E-state index contributed by atoms with van der Waals surface area (Å²) in [6, 6.07) is 0.0181. The highest BCUT2D eigenvalue weighted by Crippen LogP contribution is 2.37. The van der Waals surface area contributed by atoms with Gasteiger partial charge >= 0.3 is 0 Å². The van der Waals surface area contributed by atoms with E-state index in [4.69, 9.17) is 0 Å². The standard InChI is InChI=1S/C18H29N3O4/c1-4-20(11-15(22)19-12(2)3)16(23)9-10-21-17(24)13-7-5-6-8-14(13)18(21)25/h12-14H,4-11H2,1-3H3,(H,19,22)/t13-,14-/m0/s1. The predicted octanol–water partition coefficient (Wildman–Crippen LogP) is 0.925. The fraction of sp³-hybridized carbons (Fsp3) is 0.778. The summed E-state index contributed by atoms with van der Waals surface area (Å²) in [7, 11) is 0. The zero-order chi connectivity index (χ0) is 18.6. The van der Waals surface area contributed by atoms with Crippen molar-refractivity contribution in [1.29, 1.82) is 0 Å². The Labute approximate surface area is 149 Å². The molecule has 7 nitrogen and oxygen atoms in total. The summed E-state index contributed by atoms with van der Waals surface area (Å²) in [6.45, 7) is 6.06. The first-order valence-electron chi connectivity index (χ1n) is 9.27. The van der Waals surface area contributed by atoms with Crippen LogP contribution in [0.5, 0.6) is 0 Å². The van der Waals surface area contributed by atoms with Gasteiger partial charge in [-0.25, -0.2) is 0 Å². The van der Waals surface area contributed by atoms with Crippen LogP contribution in [0.1, 0.15) is 52.9 Å². The molecule has 1 aliphatic heterocycles. The molecule has 0 unspecified atom stereocenters. The monoisotopic (exact) mass is 351 g/mol. The molecule has 2 rings (SSSR count). The van der Waals surface area contributed by atoms with Gasteiger partial charge in [0.1, 0.15) is 0 Å². The number of carbonyl (C=O) groups is 4. The number of fused-ring (bicyclic) bond motifs is 1. The number of hydrogen-bond acceptors (Lipinski definition) is 4. The topological polar surface area (TPSA) is 86.8 Å². The Hall–Kier alpha value is -1.92. The lowest BCUT2D eigenvalue weighted by Gasteiger charge is -2.22. The third-order valence-electron chi connectivity index (χ3n) is 5.00. The van der Waals surface area contributed by atoms with E-state index in [1.807, 2.05) is 13.8 Å². The zero-order valence-electron chi connectivity index (χ0n) is 15.4. The lowest BCUT2D eigenvalue weighted by Crippen LogP contribution is -2.43. The first-order valence-corrected chi connectivity index (χ1v) is 9.27. The minimum atomic E-state index is -0.211. The second-order valence-electron chi connectivity index (χ2n) is 7.21. The molecule has 0 aromatic carbocycles. The maximum absolute atomic E-state index is 12.4. The van der Waals surface area contributed by atoms with Gasteiger partial charge in [0.05, 0.1) is 18.4 Å². The highest BCUT2D eigenvalue weighted by molar-refractivity contribution is 6.05. The summed E-state index contributed by atoms with van der Waals surface area (Å²) in [4.78, 5) is 51.8. The Balaban J connectivity index is 1.88. The molecule has 1 heterocycles. The van der Waals surface area contributed by atoms with Crippen LogP contribution < -0.4 is 5.32 Å². The van der Waals surface area contributed by atoms with Crippen molar-refractivity contribution in [3.05, 3.63) is 0 Å². The number of carbonyl (C=O) groups excluding carboxylic acids is 4. The van der Waals surface area contributed by atoms with Crippen molar-refractivity contribution in [2.75, 3.05) is 19.6 Å². The number of rotatable bonds is 7. The Morgan fingerprint density at radius 1 is 1.16 bits per heavy atom. The Bertz CT molecular complexity index is 522. The molecule has 7 heteroatoms. The summed E-state index contributed by atoms with van der Waals surface area (Å²) in [6.07, 6.45) is 3.59. The Morgan fingerprint density at radius 3 is 2.20 bits per heavy atom. The molecule has 1 N–H and O–H groups in total. The summed E-state index contributed by atoms with van der Waals surface area (Å²) in [5.41, 5.74) is 0. The smallest absolute Gasteiger partial charge is 0.239 e. The highest BCUT2D eigenvalue weighted by Gasteiger charge is 2.47. The molecule has 140 valence electrons. The van der Waals surface area contributed by atoms with Gasteiger partial charge in [-0.1, -0.05) is 12.8 Å². The lowest BCUT2D eigenvalue weighted by atomic mass is 9.81. The van der Waals surface area contributed by atoms with E-state index in [-0.39, 0.29) is 61.0 Å². The Morgan fingerprint density at radius 2 is 1.72 bits per heavy atom. The molecule has 1 saturated carbocycles. The molecule has 1 aliphatic carbocycles. The first kappa shape index (κ1) is 19.4. The molecule has 0 spiro atoms. The summed E-state index contributed by atoms with van der Waals surface area (Å²) in [5, 5.41) is 2.76. The third-order valence-corrected chi connectivity index (χ3v) is 5.00. The molecule has 0 aromatic heterocycles. The van der Waals surface area contributed by atoms with Crippen LogP contribution in [0, 0.1) is 11.8 Å². The molecule has 4 amide bonds. The largest absolute Gasteiger partial charge is 0.352 e. The van der Waals surface area contributed by atoms with Crippen LogP contribution in [0.2, 0.25) is 0 Å². The highest BCUT2D eigenvalue weighted by atomic mass is 16.2. The van der Waals surface area contributed by atoms with Crippen LogP contribution in [0.15, 0.2) is 0 Å². The van der Waals surface area contributed by atoms with Crippen LogP contribution in [0.4, 0.5) is 0 Å². The van der Waals surface area contributed by atoms with Gasteiger partial charge in [0, 0.05) is 25.6 Å². The normalized spacial score (nSPS) is 23.0. The molecule has 25 heavy (non-hydrogen) atoms. The van der Waals surface area contributed by atoms with Gasteiger partial charge < -0.3 is 10.2 Å². The van der Waals surface area contributed by atoms with Crippen molar-refractivity contribution in [2.45, 2.75) is 58.9 Å². The number of nitrogens with one attached hydrogen (secondary N) is 1. The van der Waals surface area contributed by atoms with Crippen LogP contribution in [0.25, 0.3) is 0 Å². The van der Waals surface area contributed by atoms with Gasteiger partial charge in [-0.2, -0.15) is 0 Å². The maximum Gasteiger partial charge on any atom is 0.239 e. The Kier molecular flexibility index (Phi) is 6.56. The van der Waals surface area contributed by atoms with Crippen LogP contribution in [-0.4, -0.2) is 59.1 Å². The summed E-state index contributed by atoms with van der Waals surface area (Å²) >= 11 is 0. The van der Waals surface area contributed by atoms with Crippen molar-refractivity contribution in [1.82, 2.24) is 15.1 Å². The number of likely N-dealkylation sites (N-methyl/N-ethyl adjacent to an activating group) is 1. The molecule has 2 fully saturated rings. The van der Waals surface area contributed by atoms with Crippen molar-refractivity contribution in [3.8, 4) is 0 Å². The fourth-order valence-corrected chi connectivity index (χ4v) is 3.73. The van der Waals surface area contributed by atoms with Crippen molar-refractivity contribution >= 4 is 23.6 Å². The van der Waals surface area contributed by atoms with Crippen LogP contribution >= 0.6 is 0 Å². The number of nitrogens with zero attached hydrogens (tertiary/aromatic N) is 2. The minimum absolute atomic E-state index is 0.000651. The zero-order valence-corrected chi connectivity index (χ0v) is 15.4. The first-order chi connectivity index (χ1) is 11.8. The van der Waals surface area contributed by atoms with Gasteiger partial charge in [0.25, 0.3) is 0 Å². The summed E-state index contributed by atoms with van der Waals surface area (Å²) in [5.74, 6) is -1.03. The molecule has 0 bridgehead atoms. The number of amides is 4. The third kappa shape index (κ3) is 4.58. The molecule has 2 aliphatic rings. The van der Waals surface area contributed by atoms with E-state index >= 15 is 0 Å². The number of likely N-dealkylation sites (tertiary alicyclic amines) is 1. The van der Waals surface area contributed by atoms with E-state index in [9.17, 15) is 19.2 Å². The van der Waals surface area contributed by atoms with E-state index in [1.165, 1.54) is 9.80 Å². The van der Waals surface area contributed by atoms with Crippen molar-refractivity contribution in [3.63, 3.8) is 0 Å². The van der Waals surface area contributed by atoms with E-state index in [2.05, 4.69) is 5.32 Å². The molecule has 0 radical (unpaired) electrons. The van der Waals surface area contributed by atoms with E-state index in [0.717, 1.165) is 25.7 Å². The van der Waals surface area contributed by atoms with Gasteiger partial charge in [-0.15, -0.1) is 0 Å². The van der Waals surface area contributed by atoms with Crippen LogP contribution in [0.3, 0.4) is 0 Å². The van der Waals surface area contributed by atoms with E-state index in [1.54, 1.807) is 6.92 Å². The minimum Gasteiger partial charge on any atom is -0.352 e.